The molecule has 76 valence electrons. The van der Waals surface area contributed by atoms with Crippen molar-refractivity contribution in [1.82, 2.24) is 5.16 Å². The van der Waals surface area contributed by atoms with Gasteiger partial charge in [0.25, 0.3) is 0 Å². The van der Waals surface area contributed by atoms with Crippen molar-refractivity contribution in [2.24, 2.45) is 0 Å². The van der Waals surface area contributed by atoms with Crippen molar-refractivity contribution in [3.63, 3.8) is 0 Å². The number of nitrogens with two attached hydrogens (primary N) is 1. The van der Waals surface area contributed by atoms with Crippen LogP contribution in [0.15, 0.2) is 11.1 Å². The number of aromatic nitrogens is 1. The first-order chi connectivity index (χ1) is 6.25. The molecule has 0 fully saturated rings. The number of nitrogen functional groups attached to an aromatic ring is 1. The molecule has 0 saturated heterocycles. The minimum atomic E-state index is 0.336. The highest BCUT2D eigenvalue weighted by molar-refractivity contribution is 5.59. The number of anilines is 1. The standard InChI is InChI=1S/C6H8N2O.C2H6.CH3F/c1-3-5-4(2)8-9-6(5)7;2*1-2/h3H,1,7H2,2H3;1-2H3;1H3. The van der Waals surface area contributed by atoms with Crippen LogP contribution >= 0.6 is 0 Å². The maximum atomic E-state index is 9.50. The van der Waals surface area contributed by atoms with Gasteiger partial charge in [0.2, 0.25) is 5.88 Å². The zero-order valence-electron chi connectivity index (χ0n) is 8.60. The first-order valence-electron chi connectivity index (χ1n) is 3.97. The second-order valence-corrected chi connectivity index (χ2v) is 1.75. The summed E-state index contributed by atoms with van der Waals surface area (Å²) in [6.45, 7) is 9.36. The molecule has 0 unspecified atom stereocenters. The summed E-state index contributed by atoms with van der Waals surface area (Å²) in [5.41, 5.74) is 6.92. The second-order valence-electron chi connectivity index (χ2n) is 1.75. The highest BCUT2D eigenvalue weighted by Gasteiger charge is 2.03. The van der Waals surface area contributed by atoms with Gasteiger partial charge in [-0.3, -0.25) is 4.39 Å². The molecule has 0 radical (unpaired) electrons. The molecule has 1 aromatic rings. The molecule has 1 aromatic heterocycles. The van der Waals surface area contributed by atoms with E-state index in [1.54, 1.807) is 6.08 Å². The maximum absolute atomic E-state index is 9.50. The summed E-state index contributed by atoms with van der Waals surface area (Å²) in [6, 6.07) is 0. The number of hydrogen-bond acceptors (Lipinski definition) is 3. The number of hydrogen-bond donors (Lipinski definition) is 1. The van der Waals surface area contributed by atoms with Crippen LogP contribution in [0.2, 0.25) is 0 Å². The summed E-state index contributed by atoms with van der Waals surface area (Å²) in [5.74, 6) is 0.336. The Morgan fingerprint density at radius 3 is 2.08 bits per heavy atom. The van der Waals surface area contributed by atoms with E-state index in [4.69, 9.17) is 5.73 Å². The fraction of sp³-hybridized carbons (Fsp3) is 0.444. The first kappa shape index (κ1) is 14.2. The third-order valence-corrected chi connectivity index (χ3v) is 1.14. The molecule has 2 N–H and O–H groups in total. The van der Waals surface area contributed by atoms with E-state index in [-0.39, 0.29) is 0 Å². The van der Waals surface area contributed by atoms with Crippen LogP contribution in [0, 0.1) is 6.92 Å². The van der Waals surface area contributed by atoms with Gasteiger partial charge in [-0.15, -0.1) is 0 Å². The fourth-order valence-corrected chi connectivity index (χ4v) is 0.643. The van der Waals surface area contributed by atoms with Crippen molar-refractivity contribution in [2.75, 3.05) is 12.9 Å². The normalized spacial score (nSPS) is 7.46. The van der Waals surface area contributed by atoms with Crippen molar-refractivity contribution < 1.29 is 8.91 Å². The third-order valence-electron chi connectivity index (χ3n) is 1.14. The Kier molecular flexibility index (Phi) is 9.60. The Hall–Kier alpha value is -1.32. The quantitative estimate of drug-likeness (QED) is 0.737. The van der Waals surface area contributed by atoms with Crippen LogP contribution in [0.5, 0.6) is 0 Å². The van der Waals surface area contributed by atoms with Crippen LogP contribution in [0.4, 0.5) is 10.3 Å². The summed E-state index contributed by atoms with van der Waals surface area (Å²) < 4.78 is 14.1. The molecule has 0 amide bonds. The first-order valence-corrected chi connectivity index (χ1v) is 3.97. The van der Waals surface area contributed by atoms with E-state index in [9.17, 15) is 4.39 Å². The number of aryl methyl sites for hydroxylation is 1. The molecule has 4 heteroatoms. The van der Waals surface area contributed by atoms with Gasteiger partial charge in [0, 0.05) is 0 Å². The van der Waals surface area contributed by atoms with E-state index in [2.05, 4.69) is 16.3 Å². The zero-order chi connectivity index (χ0) is 10.9. The van der Waals surface area contributed by atoms with Crippen LogP contribution in [0.3, 0.4) is 0 Å². The molecule has 13 heavy (non-hydrogen) atoms. The smallest absolute Gasteiger partial charge is 0.229 e. The molecule has 0 bridgehead atoms. The van der Waals surface area contributed by atoms with Gasteiger partial charge in [-0.05, 0) is 6.92 Å². The van der Waals surface area contributed by atoms with E-state index < -0.39 is 0 Å². The zero-order valence-corrected chi connectivity index (χ0v) is 8.60. The minimum absolute atomic E-state index is 0.336. The van der Waals surface area contributed by atoms with Gasteiger partial charge in [-0.1, -0.05) is 31.7 Å². The Labute approximate surface area is 78.4 Å². The summed E-state index contributed by atoms with van der Waals surface area (Å²) in [4.78, 5) is 0. The number of halogens is 1. The average Bonchev–Trinajstić information content (AvgIpc) is 2.52. The molecule has 0 atom stereocenters. The SMILES string of the molecule is C=Cc1c(C)noc1N.CC.CF. The van der Waals surface area contributed by atoms with E-state index in [0.29, 0.717) is 13.1 Å². The molecule has 1 heterocycles. The number of alkyl halides is 1. The second kappa shape index (κ2) is 8.77. The molecule has 0 saturated carbocycles. The molecule has 0 spiro atoms. The highest BCUT2D eigenvalue weighted by Crippen LogP contribution is 2.15. The maximum Gasteiger partial charge on any atom is 0.229 e. The van der Waals surface area contributed by atoms with Gasteiger partial charge in [0.15, 0.2) is 0 Å². The van der Waals surface area contributed by atoms with Crippen molar-refractivity contribution in [3.8, 4) is 0 Å². The molecule has 0 aromatic carbocycles. The molecular weight excluding hydrogens is 171 g/mol. The predicted molar refractivity (Wildman–Crippen MR) is 54.1 cm³/mol. The Morgan fingerprint density at radius 2 is 1.92 bits per heavy atom. The predicted octanol–water partition coefficient (Wildman–Crippen LogP) is 2.82. The Bertz CT molecular complexity index is 214. The van der Waals surface area contributed by atoms with Crippen LogP contribution in [-0.4, -0.2) is 12.3 Å². The van der Waals surface area contributed by atoms with E-state index in [1.165, 1.54) is 0 Å². The average molecular weight is 188 g/mol. The molecule has 0 aliphatic carbocycles. The number of nitrogens with zero attached hydrogens (tertiary/aromatic N) is 1. The van der Waals surface area contributed by atoms with Crippen LogP contribution in [0.1, 0.15) is 25.1 Å². The highest BCUT2D eigenvalue weighted by atomic mass is 19.1. The third kappa shape index (κ3) is 4.30. The lowest BCUT2D eigenvalue weighted by Crippen LogP contribution is -1.83. The summed E-state index contributed by atoms with van der Waals surface area (Å²) in [6.07, 6.45) is 1.63. The molecular formula is C9H17FN2O. The lowest BCUT2D eigenvalue weighted by atomic mass is 10.2. The van der Waals surface area contributed by atoms with Crippen molar-refractivity contribution in [2.45, 2.75) is 20.8 Å². The monoisotopic (exact) mass is 188 g/mol. The topological polar surface area (TPSA) is 52.0 Å². The Balaban J connectivity index is 0. The van der Waals surface area contributed by atoms with Crippen LogP contribution in [-0.2, 0) is 0 Å². The van der Waals surface area contributed by atoms with Crippen LogP contribution < -0.4 is 5.73 Å². The van der Waals surface area contributed by atoms with E-state index in [1.807, 2.05) is 20.8 Å². The molecule has 1 rings (SSSR count). The van der Waals surface area contributed by atoms with E-state index >= 15 is 0 Å². The fourth-order valence-electron chi connectivity index (χ4n) is 0.643. The summed E-state index contributed by atoms with van der Waals surface area (Å²) in [7, 11) is 0.500. The van der Waals surface area contributed by atoms with Crippen molar-refractivity contribution in [1.29, 1.82) is 0 Å². The lowest BCUT2D eigenvalue weighted by molar-refractivity contribution is 0.431. The molecule has 0 aliphatic rings. The largest absolute Gasteiger partial charge is 0.367 e. The van der Waals surface area contributed by atoms with Crippen molar-refractivity contribution in [3.05, 3.63) is 17.8 Å². The minimum Gasteiger partial charge on any atom is -0.367 e. The van der Waals surface area contributed by atoms with Gasteiger partial charge in [-0.25, -0.2) is 0 Å². The van der Waals surface area contributed by atoms with Gasteiger partial charge >= 0.3 is 0 Å². The van der Waals surface area contributed by atoms with Gasteiger partial charge in [0.1, 0.15) is 0 Å². The van der Waals surface area contributed by atoms with Gasteiger partial charge < -0.3 is 10.3 Å². The summed E-state index contributed by atoms with van der Waals surface area (Å²) in [5, 5.41) is 3.62. The van der Waals surface area contributed by atoms with Gasteiger partial charge in [-0.2, -0.15) is 0 Å². The van der Waals surface area contributed by atoms with Crippen molar-refractivity contribution >= 4 is 12.0 Å². The number of rotatable bonds is 1. The van der Waals surface area contributed by atoms with Crippen LogP contribution in [0.25, 0.3) is 6.08 Å². The molecule has 0 aliphatic heterocycles. The summed E-state index contributed by atoms with van der Waals surface area (Å²) >= 11 is 0. The van der Waals surface area contributed by atoms with Gasteiger partial charge in [0.05, 0.1) is 18.4 Å². The lowest BCUT2D eigenvalue weighted by Gasteiger charge is -1.83. The Morgan fingerprint density at radius 1 is 1.46 bits per heavy atom. The van der Waals surface area contributed by atoms with E-state index in [0.717, 1.165) is 11.3 Å². The molecule has 3 nitrogen and oxygen atoms in total.